The van der Waals surface area contributed by atoms with E-state index >= 15 is 0 Å². The Labute approximate surface area is 185 Å². The van der Waals surface area contributed by atoms with Crippen molar-refractivity contribution in [3.63, 3.8) is 0 Å². The number of aliphatic carboxylic acids is 1. The number of nitrogens with one attached hydrogen (secondary N) is 2. The second-order valence-corrected chi connectivity index (χ2v) is 9.36. The van der Waals surface area contributed by atoms with Crippen LogP contribution in [0.3, 0.4) is 0 Å². The number of carbonyl (C=O) groups excluding carboxylic acids is 3. The molecule has 0 bridgehead atoms. The normalized spacial score (nSPS) is 20.3. The molecule has 1 heterocycles. The molecule has 5 atom stereocenters. The number of likely N-dealkylation sites (tertiary alicyclic amines) is 1. The first kappa shape index (κ1) is 26.9. The summed E-state index contributed by atoms with van der Waals surface area (Å²) in [5, 5.41) is 14.7. The molecule has 1 aliphatic heterocycles. The minimum Gasteiger partial charge on any atom is -0.480 e. The zero-order valence-corrected chi connectivity index (χ0v) is 19.7. The molecule has 1 fully saturated rings. The van der Waals surface area contributed by atoms with Gasteiger partial charge in [-0.1, -0.05) is 48.0 Å². The van der Waals surface area contributed by atoms with E-state index in [0.717, 1.165) is 6.42 Å². The number of carboxylic acids is 1. The van der Waals surface area contributed by atoms with Crippen molar-refractivity contribution in [2.24, 2.45) is 23.5 Å². The van der Waals surface area contributed by atoms with E-state index in [1.165, 1.54) is 4.90 Å². The summed E-state index contributed by atoms with van der Waals surface area (Å²) in [6.07, 6.45) is 2.31. The third-order valence-corrected chi connectivity index (χ3v) is 5.95. The molecule has 31 heavy (non-hydrogen) atoms. The maximum absolute atomic E-state index is 13.0. The molecule has 0 spiro atoms. The average Bonchev–Trinajstić information content (AvgIpc) is 3.18. The van der Waals surface area contributed by atoms with E-state index in [-0.39, 0.29) is 23.7 Å². The first-order chi connectivity index (χ1) is 14.4. The highest BCUT2D eigenvalue weighted by Gasteiger charge is 2.39. The van der Waals surface area contributed by atoms with Crippen molar-refractivity contribution < 1.29 is 24.3 Å². The van der Waals surface area contributed by atoms with E-state index in [9.17, 15) is 24.3 Å². The van der Waals surface area contributed by atoms with Gasteiger partial charge in [-0.05, 0) is 37.0 Å². The Morgan fingerprint density at radius 2 is 1.71 bits per heavy atom. The van der Waals surface area contributed by atoms with Gasteiger partial charge in [-0.2, -0.15) is 0 Å². The van der Waals surface area contributed by atoms with Crippen LogP contribution in [0.1, 0.15) is 67.2 Å². The first-order valence-corrected chi connectivity index (χ1v) is 11.3. The molecule has 178 valence electrons. The third-order valence-electron chi connectivity index (χ3n) is 5.95. The SMILES string of the molecule is CCC(C)C(N)C(=O)N1CCCC1C(=O)NC(CC(C)C)C(=O)NC(C(=O)O)C(C)C. The van der Waals surface area contributed by atoms with E-state index in [4.69, 9.17) is 5.73 Å². The lowest BCUT2D eigenvalue weighted by atomic mass is 9.98. The highest BCUT2D eigenvalue weighted by molar-refractivity contribution is 5.94. The molecule has 1 aliphatic rings. The van der Waals surface area contributed by atoms with Crippen molar-refractivity contribution in [3.05, 3.63) is 0 Å². The number of amides is 3. The largest absolute Gasteiger partial charge is 0.480 e. The maximum atomic E-state index is 13.0. The predicted octanol–water partition coefficient (Wildman–Crippen LogP) is 1.11. The standard InChI is InChI=1S/C22H40N4O5/c1-7-14(6)17(23)21(29)26-10-8-9-16(26)20(28)24-15(11-12(2)3)19(27)25-18(13(4)5)22(30)31/h12-18H,7-11,23H2,1-6H3,(H,24,28)(H,25,27)(H,30,31). The molecule has 3 amide bonds. The molecule has 0 saturated carbocycles. The molecule has 0 aromatic carbocycles. The second-order valence-electron chi connectivity index (χ2n) is 9.36. The van der Waals surface area contributed by atoms with Crippen molar-refractivity contribution in [2.75, 3.05) is 6.54 Å². The minimum atomic E-state index is -1.12. The van der Waals surface area contributed by atoms with Crippen molar-refractivity contribution >= 4 is 23.7 Å². The molecule has 1 saturated heterocycles. The third kappa shape index (κ3) is 7.48. The van der Waals surface area contributed by atoms with Gasteiger partial charge < -0.3 is 26.4 Å². The van der Waals surface area contributed by atoms with E-state index in [1.54, 1.807) is 13.8 Å². The minimum absolute atomic E-state index is 0.000244. The molecule has 9 nitrogen and oxygen atoms in total. The molecule has 0 aliphatic carbocycles. The smallest absolute Gasteiger partial charge is 0.326 e. The Bertz CT molecular complexity index is 652. The van der Waals surface area contributed by atoms with Crippen molar-refractivity contribution in [1.29, 1.82) is 0 Å². The molecule has 5 unspecified atom stereocenters. The van der Waals surface area contributed by atoms with Crippen LogP contribution in [0.5, 0.6) is 0 Å². The Hall–Kier alpha value is -2.16. The van der Waals surface area contributed by atoms with Gasteiger partial charge in [-0.25, -0.2) is 4.79 Å². The molecule has 9 heteroatoms. The number of nitrogens with zero attached hydrogens (tertiary/aromatic N) is 1. The number of rotatable bonds is 11. The molecule has 0 aromatic rings. The zero-order valence-electron chi connectivity index (χ0n) is 19.7. The van der Waals surface area contributed by atoms with Crippen molar-refractivity contribution in [1.82, 2.24) is 15.5 Å². The number of carbonyl (C=O) groups is 4. The maximum Gasteiger partial charge on any atom is 0.326 e. The monoisotopic (exact) mass is 440 g/mol. The van der Waals surface area contributed by atoms with Crippen molar-refractivity contribution in [2.45, 2.75) is 91.4 Å². The molecular weight excluding hydrogens is 400 g/mol. The topological polar surface area (TPSA) is 142 Å². The Balaban J connectivity index is 2.94. The fourth-order valence-corrected chi connectivity index (χ4v) is 3.73. The van der Waals surface area contributed by atoms with Crippen LogP contribution >= 0.6 is 0 Å². The summed E-state index contributed by atoms with van der Waals surface area (Å²) in [4.78, 5) is 51.6. The lowest BCUT2D eigenvalue weighted by Crippen LogP contribution is -2.57. The van der Waals surface area contributed by atoms with Gasteiger partial charge in [0.2, 0.25) is 17.7 Å². The van der Waals surface area contributed by atoms with Crippen LogP contribution < -0.4 is 16.4 Å². The molecule has 5 N–H and O–H groups in total. The first-order valence-electron chi connectivity index (χ1n) is 11.3. The molecule has 0 aromatic heterocycles. The Morgan fingerprint density at radius 1 is 1.10 bits per heavy atom. The van der Waals surface area contributed by atoms with Crippen LogP contribution in [-0.4, -0.2) is 64.4 Å². The second kappa shape index (κ2) is 12.0. The van der Waals surface area contributed by atoms with Gasteiger partial charge in [0.05, 0.1) is 6.04 Å². The van der Waals surface area contributed by atoms with Gasteiger partial charge in [0, 0.05) is 6.54 Å². The summed E-state index contributed by atoms with van der Waals surface area (Å²) in [5.41, 5.74) is 6.10. The van der Waals surface area contributed by atoms with Crippen LogP contribution in [0.4, 0.5) is 0 Å². The quantitative estimate of drug-likeness (QED) is 0.379. The lowest BCUT2D eigenvalue weighted by molar-refractivity contribution is -0.144. The van der Waals surface area contributed by atoms with Crippen LogP contribution in [0.2, 0.25) is 0 Å². The van der Waals surface area contributed by atoms with Gasteiger partial charge in [-0.3, -0.25) is 14.4 Å². The van der Waals surface area contributed by atoms with Crippen molar-refractivity contribution in [3.8, 4) is 0 Å². The number of hydrogen-bond acceptors (Lipinski definition) is 5. The van der Waals surface area contributed by atoms with E-state index < -0.39 is 42.0 Å². The van der Waals surface area contributed by atoms with Gasteiger partial charge >= 0.3 is 5.97 Å². The average molecular weight is 441 g/mol. The Morgan fingerprint density at radius 3 is 2.19 bits per heavy atom. The number of carboxylic acid groups (broad SMARTS) is 1. The highest BCUT2D eigenvalue weighted by Crippen LogP contribution is 2.21. The summed E-state index contributed by atoms with van der Waals surface area (Å²) in [6.45, 7) is 11.6. The summed E-state index contributed by atoms with van der Waals surface area (Å²) >= 11 is 0. The van der Waals surface area contributed by atoms with Gasteiger partial charge in [-0.15, -0.1) is 0 Å². The van der Waals surface area contributed by atoms with Gasteiger partial charge in [0.15, 0.2) is 0 Å². The van der Waals surface area contributed by atoms with Crippen LogP contribution in [0, 0.1) is 17.8 Å². The van der Waals surface area contributed by atoms with Gasteiger partial charge in [0.1, 0.15) is 18.1 Å². The summed E-state index contributed by atoms with van der Waals surface area (Å²) in [5.74, 6) is -2.51. The van der Waals surface area contributed by atoms with E-state index in [1.807, 2.05) is 27.7 Å². The number of nitrogens with two attached hydrogens (primary N) is 1. The zero-order chi connectivity index (χ0) is 23.9. The summed E-state index contributed by atoms with van der Waals surface area (Å²) in [7, 11) is 0. The van der Waals surface area contributed by atoms with Gasteiger partial charge in [0.25, 0.3) is 0 Å². The summed E-state index contributed by atoms with van der Waals surface area (Å²) in [6, 6.07) is -3.27. The van der Waals surface area contributed by atoms with Crippen LogP contribution in [0.25, 0.3) is 0 Å². The Kier molecular flexibility index (Phi) is 10.4. The fourth-order valence-electron chi connectivity index (χ4n) is 3.73. The molecular formula is C22H40N4O5. The molecule has 0 radical (unpaired) electrons. The van der Waals surface area contributed by atoms with Crippen LogP contribution in [-0.2, 0) is 19.2 Å². The van der Waals surface area contributed by atoms with E-state index in [0.29, 0.717) is 25.8 Å². The fraction of sp³-hybridized carbons (Fsp3) is 0.818. The van der Waals surface area contributed by atoms with Crippen LogP contribution in [0.15, 0.2) is 0 Å². The predicted molar refractivity (Wildman–Crippen MR) is 118 cm³/mol. The summed E-state index contributed by atoms with van der Waals surface area (Å²) < 4.78 is 0. The van der Waals surface area contributed by atoms with E-state index in [2.05, 4.69) is 10.6 Å². The molecule has 1 rings (SSSR count). The number of hydrogen-bond donors (Lipinski definition) is 4. The highest BCUT2D eigenvalue weighted by atomic mass is 16.4. The lowest BCUT2D eigenvalue weighted by Gasteiger charge is -2.30.